The molecule has 1 heterocycles. The Balaban J connectivity index is 1.71. The van der Waals surface area contributed by atoms with Crippen LogP contribution in [-0.4, -0.2) is 31.6 Å². The van der Waals surface area contributed by atoms with E-state index in [1.165, 1.54) is 42.5 Å². The molecule has 0 saturated carbocycles. The van der Waals surface area contributed by atoms with Crippen molar-refractivity contribution in [3.63, 3.8) is 0 Å². The van der Waals surface area contributed by atoms with E-state index in [9.17, 15) is 23.3 Å². The molecule has 0 fully saturated rings. The van der Waals surface area contributed by atoms with Crippen molar-refractivity contribution in [2.24, 2.45) is 4.99 Å². The third kappa shape index (κ3) is 6.22. The fourth-order valence-corrected chi connectivity index (χ4v) is 4.19. The van der Waals surface area contributed by atoms with E-state index in [0.29, 0.717) is 18.8 Å². The molecule has 0 aliphatic carbocycles. The summed E-state index contributed by atoms with van der Waals surface area (Å²) in [6.45, 7) is 0.597. The molecule has 1 aliphatic rings. The molecule has 10 heteroatoms. The van der Waals surface area contributed by atoms with Crippen molar-refractivity contribution >= 4 is 39.2 Å². The number of sulfonamides is 1. The van der Waals surface area contributed by atoms with Crippen LogP contribution < -0.4 is 10.0 Å². The van der Waals surface area contributed by atoms with Crippen LogP contribution in [0.25, 0.3) is 6.08 Å². The molecular weight excluding hydrogens is 420 g/mol. The fraction of sp³-hybridized carbons (Fsp3) is 0.238. The number of rotatable bonds is 6. The van der Waals surface area contributed by atoms with Crippen molar-refractivity contribution in [2.45, 2.75) is 30.6 Å². The highest BCUT2D eigenvalue weighted by molar-refractivity contribution is 7.90. The van der Waals surface area contributed by atoms with Crippen molar-refractivity contribution in [3.8, 4) is 0 Å². The first-order valence-corrected chi connectivity index (χ1v) is 11.2. The largest absolute Gasteiger partial charge is 0.322 e. The van der Waals surface area contributed by atoms with Crippen LogP contribution in [0.1, 0.15) is 31.2 Å². The second-order valence-electron chi connectivity index (χ2n) is 6.91. The lowest BCUT2D eigenvalue weighted by molar-refractivity contribution is -0.385. The van der Waals surface area contributed by atoms with Crippen LogP contribution in [0.2, 0.25) is 0 Å². The number of para-hydroxylation sites is 1. The summed E-state index contributed by atoms with van der Waals surface area (Å²) in [6.07, 6.45) is 5.89. The summed E-state index contributed by atoms with van der Waals surface area (Å²) in [4.78, 5) is 27.0. The Labute approximate surface area is 180 Å². The number of hydrogen-bond acceptors (Lipinski definition) is 6. The highest BCUT2D eigenvalue weighted by atomic mass is 32.2. The van der Waals surface area contributed by atoms with Gasteiger partial charge in [0, 0.05) is 30.8 Å². The van der Waals surface area contributed by atoms with Gasteiger partial charge in [-0.1, -0.05) is 24.6 Å². The predicted octanol–water partition coefficient (Wildman–Crippen LogP) is 3.50. The van der Waals surface area contributed by atoms with Gasteiger partial charge in [0.2, 0.25) is 5.91 Å². The number of carbonyl (C=O) groups excluding carboxylic acids is 1. The van der Waals surface area contributed by atoms with Crippen LogP contribution >= 0.6 is 0 Å². The van der Waals surface area contributed by atoms with Gasteiger partial charge in [0.1, 0.15) is 5.84 Å². The third-order valence-electron chi connectivity index (χ3n) is 4.59. The van der Waals surface area contributed by atoms with Crippen LogP contribution in [0.4, 0.5) is 11.4 Å². The van der Waals surface area contributed by atoms with Crippen LogP contribution in [0.15, 0.2) is 64.5 Å². The quantitative estimate of drug-likeness (QED) is 0.402. The summed E-state index contributed by atoms with van der Waals surface area (Å²) in [6, 6.07) is 11.9. The fourth-order valence-electron chi connectivity index (χ4n) is 3.06. The number of benzene rings is 2. The van der Waals surface area contributed by atoms with Gasteiger partial charge < -0.3 is 5.32 Å². The lowest BCUT2D eigenvalue weighted by Gasteiger charge is -2.11. The minimum Gasteiger partial charge on any atom is -0.322 e. The van der Waals surface area contributed by atoms with E-state index in [-0.39, 0.29) is 21.8 Å². The minimum absolute atomic E-state index is 0.0000706. The topological polar surface area (TPSA) is 131 Å². The first-order valence-electron chi connectivity index (χ1n) is 9.74. The smallest absolute Gasteiger partial charge is 0.276 e. The summed E-state index contributed by atoms with van der Waals surface area (Å²) in [5.41, 5.74) is 0.447. The normalized spacial score (nSPS) is 14.5. The lowest BCUT2D eigenvalue weighted by atomic mass is 10.1. The summed E-state index contributed by atoms with van der Waals surface area (Å²) in [5.74, 6) is -0.104. The average molecular weight is 442 g/mol. The predicted molar refractivity (Wildman–Crippen MR) is 118 cm³/mol. The summed E-state index contributed by atoms with van der Waals surface area (Å²) >= 11 is 0. The van der Waals surface area contributed by atoms with Crippen molar-refractivity contribution in [3.05, 3.63) is 70.3 Å². The number of amidine groups is 1. The molecule has 0 bridgehead atoms. The molecule has 0 saturated heterocycles. The van der Waals surface area contributed by atoms with E-state index in [4.69, 9.17) is 0 Å². The molecule has 1 aliphatic heterocycles. The molecule has 0 spiro atoms. The van der Waals surface area contributed by atoms with Gasteiger partial charge in [-0.3, -0.25) is 24.6 Å². The zero-order valence-corrected chi connectivity index (χ0v) is 17.5. The van der Waals surface area contributed by atoms with E-state index < -0.39 is 20.9 Å². The van der Waals surface area contributed by atoms with Gasteiger partial charge in [0.05, 0.1) is 15.4 Å². The Morgan fingerprint density at radius 1 is 1.10 bits per heavy atom. The van der Waals surface area contributed by atoms with Gasteiger partial charge in [-0.05, 0) is 43.2 Å². The number of anilines is 1. The maximum absolute atomic E-state index is 12.7. The molecular formula is C21H22N4O5S. The SMILES string of the molecule is O=C(/C=C/c1ccccc1[N+](=O)[O-])Nc1cccc(S(=O)(=O)NC2=NCCCCC2)c1. The Morgan fingerprint density at radius 3 is 2.71 bits per heavy atom. The number of nitrogens with zero attached hydrogens (tertiary/aromatic N) is 2. The molecule has 31 heavy (non-hydrogen) atoms. The number of nitro benzene ring substituents is 1. The Bertz CT molecular complexity index is 1140. The maximum atomic E-state index is 12.7. The number of hydrogen-bond donors (Lipinski definition) is 2. The summed E-state index contributed by atoms with van der Waals surface area (Å²) < 4.78 is 27.9. The highest BCUT2D eigenvalue weighted by Gasteiger charge is 2.18. The molecule has 2 N–H and O–H groups in total. The van der Waals surface area contributed by atoms with E-state index in [2.05, 4.69) is 15.0 Å². The maximum Gasteiger partial charge on any atom is 0.276 e. The van der Waals surface area contributed by atoms with E-state index >= 15 is 0 Å². The van der Waals surface area contributed by atoms with Crippen LogP contribution in [0.5, 0.6) is 0 Å². The second-order valence-corrected chi connectivity index (χ2v) is 8.59. The van der Waals surface area contributed by atoms with Gasteiger partial charge in [-0.25, -0.2) is 8.42 Å². The first-order chi connectivity index (χ1) is 14.8. The first kappa shape index (κ1) is 22.2. The monoisotopic (exact) mass is 442 g/mol. The second kappa shape index (κ2) is 9.98. The molecule has 162 valence electrons. The van der Waals surface area contributed by atoms with Crippen LogP contribution in [0, 0.1) is 10.1 Å². The minimum atomic E-state index is -3.83. The number of carbonyl (C=O) groups is 1. The zero-order valence-electron chi connectivity index (χ0n) is 16.7. The summed E-state index contributed by atoms with van der Waals surface area (Å²) in [7, 11) is -3.83. The third-order valence-corrected chi connectivity index (χ3v) is 5.97. The molecule has 2 aromatic carbocycles. The van der Waals surface area contributed by atoms with Gasteiger partial charge in [0.25, 0.3) is 15.7 Å². The number of nitro groups is 1. The van der Waals surface area contributed by atoms with Gasteiger partial charge in [0.15, 0.2) is 0 Å². The number of nitrogens with one attached hydrogen (secondary N) is 2. The highest BCUT2D eigenvalue weighted by Crippen LogP contribution is 2.20. The molecule has 1 amide bonds. The van der Waals surface area contributed by atoms with E-state index in [0.717, 1.165) is 25.3 Å². The molecule has 0 atom stereocenters. The van der Waals surface area contributed by atoms with E-state index in [1.807, 2.05) is 0 Å². The van der Waals surface area contributed by atoms with Crippen LogP contribution in [-0.2, 0) is 14.8 Å². The lowest BCUT2D eigenvalue weighted by Crippen LogP contribution is -2.30. The van der Waals surface area contributed by atoms with Crippen molar-refractivity contribution in [2.75, 3.05) is 11.9 Å². The van der Waals surface area contributed by atoms with Crippen LogP contribution in [0.3, 0.4) is 0 Å². The standard InChI is InChI=1S/C21H22N4O5S/c26-21(13-12-16-7-3-4-10-19(16)25(27)28)23-17-8-6-9-18(15-17)31(29,30)24-20-11-2-1-5-14-22-20/h3-4,6-10,12-13,15H,1-2,5,11,14H2,(H,22,24)(H,23,26)/b13-12+. The van der Waals surface area contributed by atoms with Crippen molar-refractivity contribution in [1.82, 2.24) is 4.72 Å². The number of amides is 1. The van der Waals surface area contributed by atoms with Crippen molar-refractivity contribution in [1.29, 1.82) is 0 Å². The Morgan fingerprint density at radius 2 is 1.90 bits per heavy atom. The average Bonchev–Trinajstić information content (AvgIpc) is 3.01. The molecule has 3 rings (SSSR count). The molecule has 2 aromatic rings. The van der Waals surface area contributed by atoms with E-state index in [1.54, 1.807) is 12.1 Å². The summed E-state index contributed by atoms with van der Waals surface area (Å²) in [5, 5.41) is 13.6. The van der Waals surface area contributed by atoms with Gasteiger partial charge in [-0.2, -0.15) is 0 Å². The van der Waals surface area contributed by atoms with Gasteiger partial charge >= 0.3 is 0 Å². The van der Waals surface area contributed by atoms with Gasteiger partial charge in [-0.15, -0.1) is 0 Å². The molecule has 0 aromatic heterocycles. The molecule has 0 radical (unpaired) electrons. The Kier molecular flexibility index (Phi) is 7.14. The number of aliphatic imine (C=N–C) groups is 1. The molecule has 0 unspecified atom stereocenters. The zero-order chi connectivity index (χ0) is 22.3. The Hall–Kier alpha value is -3.53. The molecule has 9 nitrogen and oxygen atoms in total. The van der Waals surface area contributed by atoms with Crippen molar-refractivity contribution < 1.29 is 18.1 Å².